The molecule has 104 valence electrons. The zero-order valence-electron chi connectivity index (χ0n) is 12.9. The predicted molar refractivity (Wildman–Crippen MR) is 55.6 cm³/mol. The molecule has 2 atom stereocenters. The van der Waals surface area contributed by atoms with Gasteiger partial charge in [-0.05, 0) is 12.3 Å². The minimum atomic E-state index is -5.58. The Bertz CT molecular complexity index is 312. The molecule has 2 unspecified atom stereocenters. The van der Waals surface area contributed by atoms with Gasteiger partial charge in [-0.3, -0.25) is 8.88 Å². The third-order valence-electron chi connectivity index (χ3n) is 2.21. The molecule has 0 spiro atoms. The molecule has 0 aliphatic carbocycles. The first-order valence-corrected chi connectivity index (χ1v) is 8.31. The molecule has 0 aromatic rings. The van der Waals surface area contributed by atoms with E-state index < -0.39 is 15.6 Å². The van der Waals surface area contributed by atoms with Crippen molar-refractivity contribution in [2.45, 2.75) is 39.5 Å². The number of hydrogen-bond donors (Lipinski definition) is 0. The number of rotatable bonds is 9. The standard InChI is InChI=1S/C8H20O7P2.3Na/c1-3-5-6-8(4-2)7-14-17(12,13)15-16(9,10)11;;;/h8H,3-7H2,1-2H3,(H,12,13)(H2,9,10,11);;;/q;3*+1/p-3. The van der Waals surface area contributed by atoms with Crippen molar-refractivity contribution in [3.05, 3.63) is 0 Å². The average molecular weight is 356 g/mol. The first-order chi connectivity index (χ1) is 7.70. The van der Waals surface area contributed by atoms with Crippen molar-refractivity contribution < 1.29 is 121 Å². The van der Waals surface area contributed by atoms with E-state index in [0.29, 0.717) is 6.42 Å². The van der Waals surface area contributed by atoms with Crippen molar-refractivity contribution >= 4 is 15.6 Å². The van der Waals surface area contributed by atoms with Gasteiger partial charge in [-0.25, -0.2) is 0 Å². The second kappa shape index (κ2) is 15.8. The van der Waals surface area contributed by atoms with Gasteiger partial charge in [0.25, 0.3) is 7.82 Å². The summed E-state index contributed by atoms with van der Waals surface area (Å²) in [5, 5.41) is 0. The quantitative estimate of drug-likeness (QED) is 0.297. The summed E-state index contributed by atoms with van der Waals surface area (Å²) in [5.41, 5.74) is 0. The maximum Gasteiger partial charge on any atom is 1.00 e. The molecule has 0 N–H and O–H groups in total. The summed E-state index contributed by atoms with van der Waals surface area (Å²) in [6.07, 6.45) is 3.37. The van der Waals surface area contributed by atoms with E-state index >= 15 is 0 Å². The van der Waals surface area contributed by atoms with Gasteiger partial charge in [0.1, 0.15) is 0 Å². The molecule has 0 saturated carbocycles. The monoisotopic (exact) mass is 356 g/mol. The molecule has 7 nitrogen and oxygen atoms in total. The molecule has 0 aliphatic rings. The molecular weight excluding hydrogens is 339 g/mol. The Hall–Kier alpha value is 3.26. The van der Waals surface area contributed by atoms with E-state index in [4.69, 9.17) is 0 Å². The van der Waals surface area contributed by atoms with E-state index in [0.717, 1.165) is 19.3 Å². The molecular formula is C8H17Na3O7P2. The van der Waals surface area contributed by atoms with Crippen molar-refractivity contribution in [1.29, 1.82) is 0 Å². The van der Waals surface area contributed by atoms with Crippen LogP contribution in [-0.2, 0) is 18.0 Å². The zero-order valence-corrected chi connectivity index (χ0v) is 20.7. The van der Waals surface area contributed by atoms with Crippen molar-refractivity contribution in [2.24, 2.45) is 5.92 Å². The van der Waals surface area contributed by atoms with E-state index in [9.17, 15) is 23.8 Å². The van der Waals surface area contributed by atoms with Crippen molar-refractivity contribution in [2.75, 3.05) is 6.61 Å². The van der Waals surface area contributed by atoms with Crippen molar-refractivity contribution in [3.63, 3.8) is 0 Å². The molecule has 0 saturated heterocycles. The van der Waals surface area contributed by atoms with Crippen LogP contribution in [0.2, 0.25) is 0 Å². The Morgan fingerprint density at radius 2 is 1.55 bits per heavy atom. The smallest absolute Gasteiger partial charge is 0.790 e. The van der Waals surface area contributed by atoms with Crippen LogP contribution in [0.4, 0.5) is 0 Å². The van der Waals surface area contributed by atoms with Crippen LogP contribution in [0, 0.1) is 5.92 Å². The van der Waals surface area contributed by atoms with Crippen LogP contribution >= 0.6 is 15.6 Å². The van der Waals surface area contributed by atoms with Gasteiger partial charge in [-0.1, -0.05) is 33.1 Å². The number of phosphoric acid groups is 2. The second-order valence-corrected chi connectivity index (χ2v) is 6.39. The Balaban J connectivity index is -0.000000427. The molecule has 0 fully saturated rings. The predicted octanol–water partition coefficient (Wildman–Crippen LogP) is -8.45. The van der Waals surface area contributed by atoms with Gasteiger partial charge < -0.3 is 23.8 Å². The van der Waals surface area contributed by atoms with Crippen LogP contribution in [0.1, 0.15) is 39.5 Å². The maximum absolute atomic E-state index is 11.0. The van der Waals surface area contributed by atoms with Gasteiger partial charge in [0.15, 0.2) is 0 Å². The van der Waals surface area contributed by atoms with Crippen LogP contribution in [0.15, 0.2) is 0 Å². The third-order valence-corrected chi connectivity index (χ3v) is 4.28. The summed E-state index contributed by atoms with van der Waals surface area (Å²) in [6, 6.07) is 0. The molecule has 0 amide bonds. The van der Waals surface area contributed by atoms with E-state index in [1.165, 1.54) is 0 Å². The Morgan fingerprint density at radius 1 is 1.05 bits per heavy atom. The Labute approximate surface area is 186 Å². The normalized spacial score (nSPS) is 15.1. The van der Waals surface area contributed by atoms with Crippen molar-refractivity contribution in [1.82, 2.24) is 0 Å². The van der Waals surface area contributed by atoms with Gasteiger partial charge >= 0.3 is 88.7 Å². The van der Waals surface area contributed by atoms with E-state index in [-0.39, 0.29) is 101 Å². The first-order valence-electron chi connectivity index (χ1n) is 5.39. The minimum Gasteiger partial charge on any atom is -0.790 e. The summed E-state index contributed by atoms with van der Waals surface area (Å²) in [7, 11) is -10.6. The Kier molecular flexibility index (Phi) is 24.5. The summed E-state index contributed by atoms with van der Waals surface area (Å²) in [5.74, 6) is -0.00138. The topological polar surface area (TPSA) is 122 Å². The zero-order chi connectivity index (χ0) is 13.5. The fraction of sp³-hybridized carbons (Fsp3) is 1.00. The molecule has 0 heterocycles. The fourth-order valence-electron chi connectivity index (χ4n) is 1.24. The van der Waals surface area contributed by atoms with Gasteiger partial charge in [0, 0.05) is 0 Å². The van der Waals surface area contributed by atoms with E-state index in [1.807, 2.05) is 13.8 Å². The molecule has 0 rings (SSSR count). The molecule has 0 bridgehead atoms. The molecule has 0 radical (unpaired) electrons. The summed E-state index contributed by atoms with van der Waals surface area (Å²) >= 11 is 0. The maximum atomic E-state index is 11.0. The third kappa shape index (κ3) is 19.3. The molecule has 0 aromatic carbocycles. The molecule has 12 heteroatoms. The summed E-state index contributed by atoms with van der Waals surface area (Å²) in [4.78, 5) is 31.2. The fourth-order valence-corrected chi connectivity index (χ4v) is 2.80. The largest absolute Gasteiger partial charge is 1.00 e. The summed E-state index contributed by atoms with van der Waals surface area (Å²) in [6.45, 7) is 3.70. The molecule has 0 aromatic heterocycles. The first kappa shape index (κ1) is 31.1. The van der Waals surface area contributed by atoms with Gasteiger partial charge in [-0.15, -0.1) is 0 Å². The van der Waals surface area contributed by atoms with Crippen LogP contribution in [-0.4, -0.2) is 6.61 Å². The SMILES string of the molecule is CCCCC(CC)COP(=O)([O-])OP(=O)([O-])[O-].[Na+].[Na+].[Na+]. The molecule has 20 heavy (non-hydrogen) atoms. The second-order valence-electron chi connectivity index (χ2n) is 3.69. The molecule has 0 aliphatic heterocycles. The average Bonchev–Trinajstić information content (AvgIpc) is 2.14. The van der Waals surface area contributed by atoms with Crippen LogP contribution in [0.3, 0.4) is 0 Å². The van der Waals surface area contributed by atoms with E-state index in [2.05, 4.69) is 8.83 Å². The summed E-state index contributed by atoms with van der Waals surface area (Å²) < 4.78 is 28.8. The number of phosphoric ester groups is 1. The van der Waals surface area contributed by atoms with Crippen LogP contribution in [0.5, 0.6) is 0 Å². The number of hydrogen-bond acceptors (Lipinski definition) is 7. The minimum absolute atomic E-state index is 0. The van der Waals surface area contributed by atoms with Gasteiger partial charge in [-0.2, -0.15) is 0 Å². The van der Waals surface area contributed by atoms with Crippen molar-refractivity contribution in [3.8, 4) is 0 Å². The van der Waals surface area contributed by atoms with Crippen LogP contribution in [0.25, 0.3) is 0 Å². The van der Waals surface area contributed by atoms with Gasteiger partial charge in [0.05, 0.1) is 14.4 Å². The Morgan fingerprint density at radius 3 is 1.90 bits per heavy atom. The number of unbranched alkanes of at least 4 members (excludes halogenated alkanes) is 1. The van der Waals surface area contributed by atoms with Gasteiger partial charge in [0.2, 0.25) is 0 Å². The van der Waals surface area contributed by atoms with Crippen LogP contribution < -0.4 is 103 Å². The van der Waals surface area contributed by atoms with E-state index in [1.54, 1.807) is 0 Å².